The van der Waals surface area contributed by atoms with E-state index >= 15 is 0 Å². The molecular formula is C29H28FN7O2S. The van der Waals surface area contributed by atoms with Crippen LogP contribution in [-0.4, -0.2) is 48.4 Å². The molecule has 9 nitrogen and oxygen atoms in total. The minimum absolute atomic E-state index is 0.197. The lowest BCUT2D eigenvalue weighted by molar-refractivity contribution is -0.0567. The van der Waals surface area contributed by atoms with Gasteiger partial charge in [0.25, 0.3) is 5.91 Å². The minimum Gasteiger partial charge on any atom is -0.306 e. The van der Waals surface area contributed by atoms with E-state index in [1.807, 2.05) is 48.4 Å². The number of hydrogen-bond donors (Lipinski definition) is 1. The number of aromatic nitrogens is 5. The second-order valence-electron chi connectivity index (χ2n) is 9.87. The topological polar surface area (TPSA) is 89.6 Å². The lowest BCUT2D eigenvalue weighted by Crippen LogP contribution is -2.31. The van der Waals surface area contributed by atoms with Gasteiger partial charge in [-0.05, 0) is 62.6 Å². The summed E-state index contributed by atoms with van der Waals surface area (Å²) in [6.45, 7) is 5.18. The van der Waals surface area contributed by atoms with Crippen LogP contribution in [-0.2, 0) is 4.28 Å². The summed E-state index contributed by atoms with van der Waals surface area (Å²) in [7, 11) is 0. The normalized spacial score (nSPS) is 14.6. The summed E-state index contributed by atoms with van der Waals surface area (Å²) in [5.41, 5.74) is 4.38. The van der Waals surface area contributed by atoms with Crippen molar-refractivity contribution >= 4 is 29.4 Å². The molecule has 1 aliphatic rings. The highest BCUT2D eigenvalue weighted by molar-refractivity contribution is 7.94. The molecule has 2 aromatic carbocycles. The van der Waals surface area contributed by atoms with Crippen LogP contribution in [0, 0.1) is 19.7 Å². The highest BCUT2D eigenvalue weighted by Gasteiger charge is 2.26. The maximum atomic E-state index is 13.9. The Morgan fingerprint density at radius 2 is 1.90 bits per heavy atom. The quantitative estimate of drug-likeness (QED) is 0.255. The Bertz CT molecular complexity index is 1660. The number of nitrogens with one attached hydrogen (secondary N) is 1. The van der Waals surface area contributed by atoms with Crippen molar-refractivity contribution in [3.63, 3.8) is 0 Å². The van der Waals surface area contributed by atoms with E-state index in [9.17, 15) is 9.18 Å². The Morgan fingerprint density at radius 1 is 1.10 bits per heavy atom. The smallest absolute Gasteiger partial charge is 0.262 e. The first-order valence-electron chi connectivity index (χ1n) is 13.1. The van der Waals surface area contributed by atoms with Crippen LogP contribution in [0.25, 0.3) is 11.3 Å². The predicted molar refractivity (Wildman–Crippen MR) is 151 cm³/mol. The molecule has 1 aliphatic heterocycles. The van der Waals surface area contributed by atoms with Gasteiger partial charge in [-0.1, -0.05) is 23.8 Å². The van der Waals surface area contributed by atoms with Crippen LogP contribution in [0.3, 0.4) is 0 Å². The Labute approximate surface area is 235 Å². The summed E-state index contributed by atoms with van der Waals surface area (Å²) in [5, 5.41) is 14.1. The maximum Gasteiger partial charge on any atom is 0.262 e. The molecule has 1 amide bonds. The first-order chi connectivity index (χ1) is 19.4. The van der Waals surface area contributed by atoms with Crippen molar-refractivity contribution in [1.82, 2.24) is 29.4 Å². The van der Waals surface area contributed by atoms with Crippen LogP contribution in [0.1, 0.15) is 45.9 Å². The third kappa shape index (κ3) is 5.48. The summed E-state index contributed by atoms with van der Waals surface area (Å²) in [4.78, 5) is 18.3. The van der Waals surface area contributed by atoms with Crippen molar-refractivity contribution in [3.8, 4) is 5.69 Å². The van der Waals surface area contributed by atoms with Crippen molar-refractivity contribution < 1.29 is 13.5 Å². The van der Waals surface area contributed by atoms with Crippen LogP contribution in [0.2, 0.25) is 0 Å². The minimum atomic E-state index is -0.304. The first kappa shape index (κ1) is 26.2. The molecule has 0 bridgehead atoms. The molecule has 0 atom stereocenters. The van der Waals surface area contributed by atoms with Crippen molar-refractivity contribution in [3.05, 3.63) is 101 Å². The molecule has 0 aliphatic carbocycles. The first-order valence-corrected chi connectivity index (χ1v) is 13.8. The number of carbonyl (C=O) groups is 1. The number of hydroxylamine groups is 2. The van der Waals surface area contributed by atoms with Gasteiger partial charge in [-0.2, -0.15) is 15.3 Å². The monoisotopic (exact) mass is 557 g/mol. The molecule has 6 rings (SSSR count). The number of fused-ring (bicyclic) bond motifs is 1. The number of halogens is 1. The fourth-order valence-corrected chi connectivity index (χ4v) is 5.30. The Balaban J connectivity index is 1.18. The van der Waals surface area contributed by atoms with Gasteiger partial charge in [-0.15, -0.1) is 0 Å². The summed E-state index contributed by atoms with van der Waals surface area (Å²) >= 11 is 1.16. The number of carbonyl (C=O) groups excluding carboxylic acids is 1. The molecular weight excluding hydrogens is 529 g/mol. The number of anilines is 1. The molecule has 0 radical (unpaired) electrons. The van der Waals surface area contributed by atoms with E-state index in [1.165, 1.54) is 12.3 Å². The molecule has 0 spiro atoms. The number of benzene rings is 2. The SMILES string of the molecule is Cc1ccc(-n2nc(C3CCN(OSc4ccc(C)c(F)c4)CC3)cc2NC(=O)c2cnn3cccnc23)cc1. The van der Waals surface area contributed by atoms with Gasteiger partial charge in [0.2, 0.25) is 0 Å². The Morgan fingerprint density at radius 3 is 2.67 bits per heavy atom. The standard InChI is InChI=1S/C29H28FN7O2S/c1-19-4-7-22(8-5-19)37-27(33-29(38)24-18-32-36-13-3-12-31-28(24)36)17-26(34-37)21-10-14-35(15-11-21)39-40-23-9-6-20(2)25(30)16-23/h3-9,12-13,16-18,21H,10-11,14-15H2,1-2H3,(H,33,38). The predicted octanol–water partition coefficient (Wildman–Crippen LogP) is 5.74. The fourth-order valence-electron chi connectivity index (χ4n) is 4.69. The van der Waals surface area contributed by atoms with Crippen molar-refractivity contribution in [2.24, 2.45) is 0 Å². The van der Waals surface area contributed by atoms with E-state index in [4.69, 9.17) is 9.38 Å². The molecule has 1 saturated heterocycles. The number of aryl methyl sites for hydroxylation is 2. The lowest BCUT2D eigenvalue weighted by atomic mass is 9.94. The zero-order valence-corrected chi connectivity index (χ0v) is 22.9. The van der Waals surface area contributed by atoms with Gasteiger partial charge in [0.05, 0.1) is 29.6 Å². The third-order valence-corrected chi connectivity index (χ3v) is 7.76. The highest BCUT2D eigenvalue weighted by atomic mass is 32.2. The van der Waals surface area contributed by atoms with Gasteiger partial charge in [-0.25, -0.2) is 22.9 Å². The van der Waals surface area contributed by atoms with Gasteiger partial charge < -0.3 is 5.32 Å². The van der Waals surface area contributed by atoms with Crippen LogP contribution in [0.15, 0.2) is 78.1 Å². The van der Waals surface area contributed by atoms with Crippen LogP contribution < -0.4 is 5.32 Å². The lowest BCUT2D eigenvalue weighted by Gasteiger charge is -2.29. The van der Waals surface area contributed by atoms with Crippen LogP contribution in [0.5, 0.6) is 0 Å². The molecule has 0 unspecified atom stereocenters. The van der Waals surface area contributed by atoms with Gasteiger partial charge in [0.1, 0.15) is 17.2 Å². The van der Waals surface area contributed by atoms with Gasteiger partial charge in [-0.3, -0.25) is 4.79 Å². The molecule has 40 heavy (non-hydrogen) atoms. The van der Waals surface area contributed by atoms with E-state index in [-0.39, 0.29) is 17.6 Å². The number of amides is 1. The Kier molecular flexibility index (Phi) is 7.33. The average Bonchev–Trinajstić information content (AvgIpc) is 3.59. The molecule has 0 saturated carbocycles. The van der Waals surface area contributed by atoms with Crippen LogP contribution in [0.4, 0.5) is 10.2 Å². The third-order valence-electron chi connectivity index (χ3n) is 7.03. The van der Waals surface area contributed by atoms with E-state index in [2.05, 4.69) is 15.4 Å². The largest absolute Gasteiger partial charge is 0.306 e. The highest BCUT2D eigenvalue weighted by Crippen LogP contribution is 2.32. The summed E-state index contributed by atoms with van der Waals surface area (Å²) < 4.78 is 23.1. The molecule has 1 fully saturated rings. The number of rotatable bonds is 7. The zero-order valence-electron chi connectivity index (χ0n) is 22.1. The van der Waals surface area contributed by atoms with E-state index < -0.39 is 0 Å². The molecule has 4 heterocycles. The van der Waals surface area contributed by atoms with Gasteiger partial charge in [0.15, 0.2) is 5.65 Å². The summed E-state index contributed by atoms with van der Waals surface area (Å²) in [5.74, 6) is 0.232. The number of nitrogens with zero attached hydrogens (tertiary/aromatic N) is 6. The van der Waals surface area contributed by atoms with Crippen molar-refractivity contribution in [2.75, 3.05) is 18.4 Å². The molecule has 5 aromatic rings. The zero-order chi connectivity index (χ0) is 27.6. The van der Waals surface area contributed by atoms with Crippen molar-refractivity contribution in [1.29, 1.82) is 0 Å². The summed E-state index contributed by atoms with van der Waals surface area (Å²) in [6.07, 6.45) is 6.57. The second-order valence-corrected chi connectivity index (χ2v) is 10.7. The molecule has 1 N–H and O–H groups in total. The Hall–Kier alpha value is -4.06. The number of piperidine rings is 1. The van der Waals surface area contributed by atoms with Crippen LogP contribution >= 0.6 is 12.0 Å². The van der Waals surface area contributed by atoms with Gasteiger partial charge in [0, 0.05) is 42.4 Å². The fraction of sp³-hybridized carbons (Fsp3) is 0.241. The summed E-state index contributed by atoms with van der Waals surface area (Å²) in [6, 6.07) is 16.8. The van der Waals surface area contributed by atoms with E-state index in [0.717, 1.165) is 46.7 Å². The van der Waals surface area contributed by atoms with E-state index in [0.29, 0.717) is 35.7 Å². The van der Waals surface area contributed by atoms with E-state index in [1.54, 1.807) is 40.6 Å². The average molecular weight is 558 g/mol. The molecule has 3 aromatic heterocycles. The van der Waals surface area contributed by atoms with Gasteiger partial charge >= 0.3 is 0 Å². The second kappa shape index (κ2) is 11.2. The maximum absolute atomic E-state index is 13.9. The number of hydrogen-bond acceptors (Lipinski definition) is 7. The molecule has 204 valence electrons. The molecule has 11 heteroatoms. The van der Waals surface area contributed by atoms with Crippen molar-refractivity contribution in [2.45, 2.75) is 37.5 Å².